The number of para-hydroxylation sites is 2. The van der Waals surface area contributed by atoms with Crippen molar-refractivity contribution in [2.75, 3.05) is 6.54 Å². The Labute approximate surface area is 99.9 Å². The molecule has 4 heteroatoms. The van der Waals surface area contributed by atoms with Crippen LogP contribution in [0.3, 0.4) is 0 Å². The molecule has 1 atom stereocenters. The first-order valence-corrected chi connectivity index (χ1v) is 5.98. The van der Waals surface area contributed by atoms with Gasteiger partial charge in [-0.05, 0) is 25.5 Å². The topological polar surface area (TPSA) is 38.1 Å². The molecule has 0 N–H and O–H groups in total. The number of hydrogen-bond donors (Lipinski definition) is 0. The van der Waals surface area contributed by atoms with Crippen LogP contribution in [0.5, 0.6) is 0 Å². The van der Waals surface area contributed by atoms with Gasteiger partial charge in [-0.3, -0.25) is 4.79 Å². The van der Waals surface area contributed by atoms with Gasteiger partial charge in [-0.1, -0.05) is 12.1 Å². The largest absolute Gasteiger partial charge is 0.322 e. The molecule has 3 rings (SSSR count). The first-order valence-electron chi connectivity index (χ1n) is 5.98. The van der Waals surface area contributed by atoms with E-state index in [1.165, 1.54) is 0 Å². The van der Waals surface area contributed by atoms with Crippen molar-refractivity contribution in [2.45, 2.75) is 25.9 Å². The van der Waals surface area contributed by atoms with Crippen LogP contribution in [0.4, 0.5) is 0 Å². The van der Waals surface area contributed by atoms with Crippen LogP contribution in [-0.4, -0.2) is 26.9 Å². The molecule has 1 aromatic heterocycles. The zero-order valence-electron chi connectivity index (χ0n) is 9.84. The second-order valence-corrected chi connectivity index (χ2v) is 4.46. The van der Waals surface area contributed by atoms with E-state index in [1.807, 2.05) is 35.5 Å². The number of hydrogen-bond acceptors (Lipinski definition) is 2. The molecule has 0 spiro atoms. The van der Waals surface area contributed by atoms with Crippen molar-refractivity contribution < 1.29 is 4.79 Å². The molecule has 17 heavy (non-hydrogen) atoms. The van der Waals surface area contributed by atoms with E-state index in [0.29, 0.717) is 6.42 Å². The summed E-state index contributed by atoms with van der Waals surface area (Å²) in [6.07, 6.45) is 3.52. The van der Waals surface area contributed by atoms with Crippen molar-refractivity contribution in [3.8, 4) is 0 Å². The highest BCUT2D eigenvalue weighted by Gasteiger charge is 2.26. The van der Waals surface area contributed by atoms with Gasteiger partial charge in [0.25, 0.3) is 0 Å². The number of aromatic nitrogens is 2. The first-order chi connectivity index (χ1) is 8.27. The molecule has 1 unspecified atom stereocenters. The van der Waals surface area contributed by atoms with Gasteiger partial charge in [-0.25, -0.2) is 4.98 Å². The average molecular weight is 229 g/mol. The van der Waals surface area contributed by atoms with Gasteiger partial charge < -0.3 is 9.47 Å². The molecule has 2 heterocycles. The number of carbonyl (C=O) groups is 1. The molecule has 0 saturated carbocycles. The average Bonchev–Trinajstić information content (AvgIpc) is 2.94. The van der Waals surface area contributed by atoms with Crippen molar-refractivity contribution in [1.82, 2.24) is 14.5 Å². The zero-order valence-corrected chi connectivity index (χ0v) is 9.84. The van der Waals surface area contributed by atoms with Gasteiger partial charge in [0.1, 0.15) is 6.17 Å². The van der Waals surface area contributed by atoms with Gasteiger partial charge in [-0.2, -0.15) is 0 Å². The predicted molar refractivity (Wildman–Crippen MR) is 65.4 cm³/mol. The Balaban J connectivity index is 2.00. The predicted octanol–water partition coefficient (Wildman–Crippen LogP) is 2.18. The number of imidazole rings is 1. The molecular formula is C13H15N3O. The summed E-state index contributed by atoms with van der Waals surface area (Å²) >= 11 is 0. The van der Waals surface area contributed by atoms with Gasteiger partial charge in [0.2, 0.25) is 5.91 Å². The molecule has 0 bridgehead atoms. The normalized spacial score (nSPS) is 17.9. The molecule has 1 saturated heterocycles. The molecular weight excluding hydrogens is 214 g/mol. The number of amides is 1. The van der Waals surface area contributed by atoms with E-state index >= 15 is 0 Å². The molecule has 4 nitrogen and oxygen atoms in total. The first kappa shape index (κ1) is 10.3. The molecule has 1 aliphatic rings. The number of rotatable bonds is 2. The number of carbonyl (C=O) groups excluding carboxylic acids is 1. The Morgan fingerprint density at radius 1 is 1.35 bits per heavy atom. The minimum absolute atomic E-state index is 0.0531. The van der Waals surface area contributed by atoms with Crippen LogP contribution >= 0.6 is 0 Å². The second-order valence-electron chi connectivity index (χ2n) is 4.46. The van der Waals surface area contributed by atoms with Crippen molar-refractivity contribution >= 4 is 16.9 Å². The number of likely N-dealkylation sites (tertiary alicyclic amines) is 1. The maximum Gasteiger partial charge on any atom is 0.224 e. The molecule has 1 amide bonds. The lowest BCUT2D eigenvalue weighted by atomic mass is 10.3. The summed E-state index contributed by atoms with van der Waals surface area (Å²) in [5, 5.41) is 0. The maximum absolute atomic E-state index is 11.7. The van der Waals surface area contributed by atoms with E-state index in [4.69, 9.17) is 0 Å². The van der Waals surface area contributed by atoms with Gasteiger partial charge >= 0.3 is 0 Å². The van der Waals surface area contributed by atoms with Crippen LogP contribution in [0.15, 0.2) is 30.6 Å². The van der Waals surface area contributed by atoms with Crippen LogP contribution < -0.4 is 0 Å². The Morgan fingerprint density at radius 3 is 2.94 bits per heavy atom. The third kappa shape index (κ3) is 1.60. The summed E-state index contributed by atoms with van der Waals surface area (Å²) in [6.45, 7) is 2.91. The van der Waals surface area contributed by atoms with Crippen LogP contribution in [0, 0.1) is 0 Å². The summed E-state index contributed by atoms with van der Waals surface area (Å²) in [5.74, 6) is 0.246. The van der Waals surface area contributed by atoms with E-state index in [-0.39, 0.29) is 12.1 Å². The summed E-state index contributed by atoms with van der Waals surface area (Å²) in [4.78, 5) is 18.0. The highest BCUT2D eigenvalue weighted by Crippen LogP contribution is 2.24. The molecule has 0 aliphatic carbocycles. The van der Waals surface area contributed by atoms with Gasteiger partial charge in [0.15, 0.2) is 0 Å². The third-order valence-electron chi connectivity index (χ3n) is 3.44. The maximum atomic E-state index is 11.7. The highest BCUT2D eigenvalue weighted by atomic mass is 16.2. The summed E-state index contributed by atoms with van der Waals surface area (Å²) in [7, 11) is 0. The Bertz CT molecular complexity index is 561. The van der Waals surface area contributed by atoms with Gasteiger partial charge in [0, 0.05) is 13.0 Å². The Kier molecular flexibility index (Phi) is 2.35. The number of nitrogens with zero attached hydrogens (tertiary/aromatic N) is 3. The Morgan fingerprint density at radius 2 is 2.18 bits per heavy atom. The van der Waals surface area contributed by atoms with Crippen LogP contribution in [0.25, 0.3) is 11.0 Å². The van der Waals surface area contributed by atoms with Crippen LogP contribution in [0.1, 0.15) is 25.9 Å². The van der Waals surface area contributed by atoms with Crippen LogP contribution in [0.2, 0.25) is 0 Å². The third-order valence-corrected chi connectivity index (χ3v) is 3.44. The standard InChI is InChI=1S/C13H15N3O/c1-10(15-8-4-7-13(15)17)16-9-14-11-5-2-3-6-12(11)16/h2-3,5-6,9-10H,4,7-8H2,1H3. The molecule has 1 aromatic carbocycles. The van der Waals surface area contributed by atoms with E-state index in [2.05, 4.69) is 16.5 Å². The van der Waals surface area contributed by atoms with Gasteiger partial charge in [-0.15, -0.1) is 0 Å². The molecule has 0 radical (unpaired) electrons. The number of benzene rings is 1. The quantitative estimate of drug-likeness (QED) is 0.791. The van der Waals surface area contributed by atoms with Gasteiger partial charge in [0.05, 0.1) is 17.4 Å². The Hall–Kier alpha value is -1.84. The summed E-state index contributed by atoms with van der Waals surface area (Å²) < 4.78 is 2.07. The fraction of sp³-hybridized carbons (Fsp3) is 0.385. The molecule has 1 aliphatic heterocycles. The zero-order chi connectivity index (χ0) is 11.8. The summed E-state index contributed by atoms with van der Waals surface area (Å²) in [5.41, 5.74) is 2.06. The monoisotopic (exact) mass is 229 g/mol. The minimum atomic E-state index is 0.0531. The lowest BCUT2D eigenvalue weighted by Gasteiger charge is -2.25. The lowest BCUT2D eigenvalue weighted by Crippen LogP contribution is -2.31. The van der Waals surface area contributed by atoms with Crippen molar-refractivity contribution in [2.24, 2.45) is 0 Å². The number of fused-ring (bicyclic) bond motifs is 1. The molecule has 2 aromatic rings. The second kappa shape index (κ2) is 3.87. The fourth-order valence-electron chi connectivity index (χ4n) is 2.49. The fourth-order valence-corrected chi connectivity index (χ4v) is 2.49. The van der Waals surface area contributed by atoms with E-state index in [1.54, 1.807) is 0 Å². The van der Waals surface area contributed by atoms with E-state index < -0.39 is 0 Å². The van der Waals surface area contributed by atoms with Crippen molar-refractivity contribution in [3.05, 3.63) is 30.6 Å². The highest BCUT2D eigenvalue weighted by molar-refractivity contribution is 5.79. The van der Waals surface area contributed by atoms with E-state index in [0.717, 1.165) is 24.0 Å². The van der Waals surface area contributed by atoms with Crippen molar-refractivity contribution in [3.63, 3.8) is 0 Å². The molecule has 1 fully saturated rings. The SMILES string of the molecule is CC(N1CCCC1=O)n1cnc2ccccc21. The van der Waals surface area contributed by atoms with E-state index in [9.17, 15) is 4.79 Å². The minimum Gasteiger partial charge on any atom is -0.322 e. The lowest BCUT2D eigenvalue weighted by molar-refractivity contribution is -0.130. The van der Waals surface area contributed by atoms with Crippen molar-refractivity contribution in [1.29, 1.82) is 0 Å². The smallest absolute Gasteiger partial charge is 0.224 e. The summed E-state index contributed by atoms with van der Waals surface area (Å²) in [6, 6.07) is 8.01. The van der Waals surface area contributed by atoms with Crippen LogP contribution in [-0.2, 0) is 4.79 Å². The molecule has 88 valence electrons.